The lowest BCUT2D eigenvalue weighted by atomic mass is 9.87. The average molecular weight is 491 g/mol. The molecule has 3 N–H and O–H groups in total. The van der Waals surface area contributed by atoms with E-state index in [9.17, 15) is 23.2 Å². The molecule has 0 spiro atoms. The van der Waals surface area contributed by atoms with Gasteiger partial charge in [-0.25, -0.2) is 8.78 Å². The minimum atomic E-state index is -0.824. The standard InChI is InChI=1S/C25H28F2N2O6/c1-2-34-21-9-5-16(13-19(21)26)23(30)28-11-12-29-24(31)17-6-10-22(20(27)14-17)35-18-7-3-15(4-8-18)25(32)33/h5-6,9-10,13-15,18H,2-4,7-8,11-12H2,1H3,(H,28,30)(H,29,31)(H,32,33)/t15-,18+. The fraction of sp³-hybridized carbons (Fsp3) is 0.400. The smallest absolute Gasteiger partial charge is 0.306 e. The van der Waals surface area contributed by atoms with Crippen LogP contribution in [-0.2, 0) is 4.79 Å². The van der Waals surface area contributed by atoms with Gasteiger partial charge in [-0.3, -0.25) is 14.4 Å². The predicted molar refractivity (Wildman–Crippen MR) is 123 cm³/mol. The number of carboxylic acids is 1. The molecule has 3 rings (SSSR count). The highest BCUT2D eigenvalue weighted by atomic mass is 19.1. The maximum Gasteiger partial charge on any atom is 0.306 e. The molecular formula is C25H28F2N2O6. The number of benzene rings is 2. The summed E-state index contributed by atoms with van der Waals surface area (Å²) in [6.07, 6.45) is 1.73. The van der Waals surface area contributed by atoms with Crippen LogP contribution in [0.4, 0.5) is 8.78 Å². The van der Waals surface area contributed by atoms with E-state index in [1.54, 1.807) is 6.92 Å². The molecule has 1 fully saturated rings. The molecule has 10 heteroatoms. The molecule has 0 unspecified atom stereocenters. The van der Waals surface area contributed by atoms with Crippen molar-refractivity contribution >= 4 is 17.8 Å². The van der Waals surface area contributed by atoms with Crippen molar-refractivity contribution in [2.75, 3.05) is 19.7 Å². The van der Waals surface area contributed by atoms with Gasteiger partial charge in [0.05, 0.1) is 18.6 Å². The van der Waals surface area contributed by atoms with Gasteiger partial charge in [-0.2, -0.15) is 0 Å². The molecule has 1 aliphatic rings. The molecule has 2 aromatic rings. The Bertz CT molecular complexity index is 1070. The summed E-state index contributed by atoms with van der Waals surface area (Å²) >= 11 is 0. The third-order valence-corrected chi connectivity index (χ3v) is 5.70. The predicted octanol–water partition coefficient (Wildman–Crippen LogP) is 3.55. The quantitative estimate of drug-likeness (QED) is 0.439. The molecule has 0 aliphatic heterocycles. The van der Waals surface area contributed by atoms with Crippen molar-refractivity contribution in [3.8, 4) is 11.5 Å². The van der Waals surface area contributed by atoms with Crippen molar-refractivity contribution in [2.45, 2.75) is 38.7 Å². The summed E-state index contributed by atoms with van der Waals surface area (Å²) in [7, 11) is 0. The summed E-state index contributed by atoms with van der Waals surface area (Å²) in [6, 6.07) is 7.75. The highest BCUT2D eigenvalue weighted by Gasteiger charge is 2.27. The van der Waals surface area contributed by atoms with Crippen LogP contribution in [0.1, 0.15) is 53.3 Å². The molecule has 0 atom stereocenters. The zero-order valence-electron chi connectivity index (χ0n) is 19.3. The van der Waals surface area contributed by atoms with E-state index in [1.165, 1.54) is 24.3 Å². The summed E-state index contributed by atoms with van der Waals surface area (Å²) in [5.74, 6) is -3.52. The molecule has 0 bridgehead atoms. The molecule has 0 heterocycles. The number of carboxylic acid groups (broad SMARTS) is 1. The van der Waals surface area contributed by atoms with Gasteiger partial charge in [0.25, 0.3) is 11.8 Å². The minimum absolute atomic E-state index is 0.00942. The Balaban J connectivity index is 1.44. The van der Waals surface area contributed by atoms with E-state index in [4.69, 9.17) is 14.6 Å². The van der Waals surface area contributed by atoms with Gasteiger partial charge in [0, 0.05) is 24.2 Å². The van der Waals surface area contributed by atoms with Crippen molar-refractivity contribution < 1.29 is 37.7 Å². The van der Waals surface area contributed by atoms with Crippen LogP contribution in [0.25, 0.3) is 0 Å². The first-order valence-corrected chi connectivity index (χ1v) is 11.5. The zero-order chi connectivity index (χ0) is 25.4. The Morgan fingerprint density at radius 1 is 0.886 bits per heavy atom. The van der Waals surface area contributed by atoms with E-state index in [-0.39, 0.29) is 41.8 Å². The molecule has 1 saturated carbocycles. The lowest BCUT2D eigenvalue weighted by Crippen LogP contribution is -2.34. The topological polar surface area (TPSA) is 114 Å². The second kappa shape index (κ2) is 12.1. The van der Waals surface area contributed by atoms with Crippen LogP contribution in [0.15, 0.2) is 36.4 Å². The van der Waals surface area contributed by atoms with Crippen molar-refractivity contribution in [1.82, 2.24) is 10.6 Å². The molecule has 2 aromatic carbocycles. The molecule has 0 aromatic heterocycles. The third-order valence-electron chi connectivity index (χ3n) is 5.70. The van der Waals surface area contributed by atoms with E-state index < -0.39 is 35.3 Å². The maximum atomic E-state index is 14.5. The Morgan fingerprint density at radius 2 is 1.40 bits per heavy atom. The molecule has 0 radical (unpaired) electrons. The maximum absolute atomic E-state index is 14.5. The van der Waals surface area contributed by atoms with E-state index in [1.807, 2.05) is 0 Å². The number of hydrogen-bond acceptors (Lipinski definition) is 5. The van der Waals surface area contributed by atoms with Gasteiger partial charge >= 0.3 is 5.97 Å². The van der Waals surface area contributed by atoms with Crippen molar-refractivity contribution in [1.29, 1.82) is 0 Å². The zero-order valence-corrected chi connectivity index (χ0v) is 19.3. The normalized spacial score (nSPS) is 17.3. The van der Waals surface area contributed by atoms with Crippen LogP contribution in [0.3, 0.4) is 0 Å². The molecule has 8 nitrogen and oxygen atoms in total. The number of nitrogens with one attached hydrogen (secondary N) is 2. The van der Waals surface area contributed by atoms with E-state index >= 15 is 0 Å². The van der Waals surface area contributed by atoms with Gasteiger partial charge in [0.2, 0.25) is 0 Å². The van der Waals surface area contributed by atoms with Crippen LogP contribution in [0.5, 0.6) is 11.5 Å². The number of carbonyl (C=O) groups is 3. The highest BCUT2D eigenvalue weighted by molar-refractivity contribution is 5.95. The summed E-state index contributed by atoms with van der Waals surface area (Å²) in [5.41, 5.74) is 0.204. The Kier molecular flexibility index (Phi) is 8.99. The van der Waals surface area contributed by atoms with Crippen LogP contribution in [0, 0.1) is 17.6 Å². The summed E-state index contributed by atoms with van der Waals surface area (Å²) in [6.45, 7) is 2.19. The fourth-order valence-electron chi connectivity index (χ4n) is 3.82. The fourth-order valence-corrected chi connectivity index (χ4v) is 3.82. The van der Waals surface area contributed by atoms with Crippen molar-refractivity contribution in [2.24, 2.45) is 5.92 Å². The second-order valence-corrected chi connectivity index (χ2v) is 8.16. The Labute approximate surface area is 201 Å². The monoisotopic (exact) mass is 490 g/mol. The largest absolute Gasteiger partial charge is 0.491 e. The number of halogens is 2. The average Bonchev–Trinajstić information content (AvgIpc) is 2.84. The number of rotatable bonds is 10. The molecule has 188 valence electrons. The third kappa shape index (κ3) is 7.14. The Hall–Kier alpha value is -3.69. The van der Waals surface area contributed by atoms with E-state index in [2.05, 4.69) is 10.6 Å². The number of amides is 2. The van der Waals surface area contributed by atoms with Gasteiger partial charge in [-0.15, -0.1) is 0 Å². The molecule has 1 aliphatic carbocycles. The van der Waals surface area contributed by atoms with Crippen molar-refractivity contribution in [3.63, 3.8) is 0 Å². The van der Waals surface area contributed by atoms with Crippen molar-refractivity contribution in [3.05, 3.63) is 59.2 Å². The molecule has 0 saturated heterocycles. The van der Waals surface area contributed by atoms with Crippen LogP contribution in [-0.4, -0.2) is 48.7 Å². The second-order valence-electron chi connectivity index (χ2n) is 8.16. The van der Waals surface area contributed by atoms with Crippen LogP contribution >= 0.6 is 0 Å². The Morgan fingerprint density at radius 3 is 1.86 bits per heavy atom. The molecular weight excluding hydrogens is 462 g/mol. The van der Waals surface area contributed by atoms with E-state index in [0.29, 0.717) is 32.3 Å². The molecule has 35 heavy (non-hydrogen) atoms. The van der Waals surface area contributed by atoms with E-state index in [0.717, 1.165) is 12.1 Å². The summed E-state index contributed by atoms with van der Waals surface area (Å²) in [5, 5.41) is 14.2. The summed E-state index contributed by atoms with van der Waals surface area (Å²) < 4.78 is 39.1. The summed E-state index contributed by atoms with van der Waals surface area (Å²) in [4.78, 5) is 35.5. The first-order valence-electron chi connectivity index (χ1n) is 11.5. The van der Waals surface area contributed by atoms with Gasteiger partial charge in [0.15, 0.2) is 23.1 Å². The first-order chi connectivity index (χ1) is 16.8. The minimum Gasteiger partial charge on any atom is -0.491 e. The van der Waals surface area contributed by atoms with Crippen LogP contribution in [0.2, 0.25) is 0 Å². The van der Waals surface area contributed by atoms with Gasteiger partial charge in [-0.1, -0.05) is 0 Å². The number of carbonyl (C=O) groups excluding carboxylic acids is 2. The van der Waals surface area contributed by atoms with Gasteiger partial charge in [-0.05, 0) is 69.0 Å². The highest BCUT2D eigenvalue weighted by Crippen LogP contribution is 2.29. The number of ether oxygens (including phenoxy) is 2. The van der Waals surface area contributed by atoms with Gasteiger partial charge < -0.3 is 25.2 Å². The SMILES string of the molecule is CCOc1ccc(C(=O)NCCNC(=O)c2ccc(O[C@H]3CC[C@@H](C(=O)O)CC3)c(F)c2)cc1F. The molecule has 2 amide bonds. The lowest BCUT2D eigenvalue weighted by molar-refractivity contribution is -0.143. The number of aliphatic carboxylic acids is 1. The first kappa shape index (κ1) is 25.9. The van der Waals surface area contributed by atoms with Crippen LogP contribution < -0.4 is 20.1 Å². The number of hydrogen-bond donors (Lipinski definition) is 3. The van der Waals surface area contributed by atoms with Gasteiger partial charge in [0.1, 0.15) is 0 Å². The lowest BCUT2D eigenvalue weighted by Gasteiger charge is -2.27.